The summed E-state index contributed by atoms with van der Waals surface area (Å²) in [7, 11) is 0. The first-order chi connectivity index (χ1) is 9.72. The second kappa shape index (κ2) is 5.79. The molecule has 2 fully saturated rings. The minimum absolute atomic E-state index is 0.191. The standard InChI is InChI=1S/C15H20FN3O/c16-13-3-1-2-4-14(13)18-15(20)17-11-7-9-19(10-8-11)12-5-6-12/h1-4,11-12H,5-10H2,(H2,17,18,20). The molecule has 20 heavy (non-hydrogen) atoms. The fourth-order valence-electron chi connectivity index (χ4n) is 2.76. The summed E-state index contributed by atoms with van der Waals surface area (Å²) in [5.41, 5.74) is 0.223. The number of rotatable bonds is 3. The quantitative estimate of drug-likeness (QED) is 0.892. The third-order valence-electron chi connectivity index (χ3n) is 4.05. The fraction of sp³-hybridized carbons (Fsp3) is 0.533. The molecule has 1 saturated carbocycles. The highest BCUT2D eigenvalue weighted by Crippen LogP contribution is 2.29. The molecule has 0 radical (unpaired) electrons. The maximum absolute atomic E-state index is 13.4. The molecule has 1 aliphatic carbocycles. The van der Waals surface area contributed by atoms with E-state index in [1.807, 2.05) is 0 Å². The molecule has 1 aromatic carbocycles. The lowest BCUT2D eigenvalue weighted by Crippen LogP contribution is -2.46. The molecule has 1 aromatic rings. The molecule has 5 heteroatoms. The molecule has 4 nitrogen and oxygen atoms in total. The van der Waals surface area contributed by atoms with Gasteiger partial charge >= 0.3 is 6.03 Å². The molecule has 0 atom stereocenters. The van der Waals surface area contributed by atoms with Gasteiger partial charge in [0.2, 0.25) is 0 Å². The maximum atomic E-state index is 13.4. The van der Waals surface area contributed by atoms with E-state index in [1.165, 1.54) is 18.9 Å². The Kier molecular flexibility index (Phi) is 3.87. The van der Waals surface area contributed by atoms with Crippen LogP contribution in [0.1, 0.15) is 25.7 Å². The summed E-state index contributed by atoms with van der Waals surface area (Å²) in [6.07, 6.45) is 4.60. The second-order valence-corrected chi connectivity index (χ2v) is 5.62. The summed E-state index contributed by atoms with van der Waals surface area (Å²) < 4.78 is 13.4. The van der Waals surface area contributed by atoms with E-state index in [4.69, 9.17) is 0 Å². The number of anilines is 1. The number of halogens is 1. The number of carbonyl (C=O) groups is 1. The molecule has 3 rings (SSSR count). The van der Waals surface area contributed by atoms with Crippen LogP contribution in [0.25, 0.3) is 0 Å². The molecule has 1 heterocycles. The summed E-state index contributed by atoms with van der Waals surface area (Å²) in [4.78, 5) is 14.4. The van der Waals surface area contributed by atoms with Crippen LogP contribution in [-0.2, 0) is 0 Å². The predicted octanol–water partition coefficient (Wildman–Crippen LogP) is 2.57. The van der Waals surface area contributed by atoms with Crippen molar-refractivity contribution < 1.29 is 9.18 Å². The molecule has 1 aliphatic heterocycles. The van der Waals surface area contributed by atoms with Gasteiger partial charge in [-0.05, 0) is 37.8 Å². The Morgan fingerprint density at radius 2 is 1.85 bits per heavy atom. The molecule has 0 unspecified atom stereocenters. The van der Waals surface area contributed by atoms with Crippen LogP contribution < -0.4 is 10.6 Å². The number of nitrogens with one attached hydrogen (secondary N) is 2. The van der Waals surface area contributed by atoms with Crippen molar-refractivity contribution >= 4 is 11.7 Å². The van der Waals surface area contributed by atoms with E-state index in [9.17, 15) is 9.18 Å². The maximum Gasteiger partial charge on any atom is 0.319 e. The lowest BCUT2D eigenvalue weighted by molar-refractivity contribution is 0.189. The molecular formula is C15H20FN3O. The third kappa shape index (κ3) is 3.28. The lowest BCUT2D eigenvalue weighted by Gasteiger charge is -2.32. The zero-order valence-electron chi connectivity index (χ0n) is 11.4. The molecule has 2 amide bonds. The highest BCUT2D eigenvalue weighted by Gasteiger charge is 2.32. The number of hydrogen-bond acceptors (Lipinski definition) is 2. The van der Waals surface area contributed by atoms with E-state index < -0.39 is 5.82 Å². The fourth-order valence-corrected chi connectivity index (χ4v) is 2.76. The Bertz CT molecular complexity index is 482. The highest BCUT2D eigenvalue weighted by molar-refractivity contribution is 5.89. The zero-order valence-corrected chi connectivity index (χ0v) is 11.4. The van der Waals surface area contributed by atoms with E-state index in [0.29, 0.717) is 0 Å². The van der Waals surface area contributed by atoms with Gasteiger partial charge in [0.15, 0.2) is 0 Å². The van der Waals surface area contributed by atoms with Crippen molar-refractivity contribution in [1.82, 2.24) is 10.2 Å². The molecule has 0 bridgehead atoms. The van der Waals surface area contributed by atoms with Crippen molar-refractivity contribution in [1.29, 1.82) is 0 Å². The summed E-state index contributed by atoms with van der Waals surface area (Å²) in [6.45, 7) is 2.10. The van der Waals surface area contributed by atoms with Gasteiger partial charge in [-0.2, -0.15) is 0 Å². The average molecular weight is 277 g/mol. The van der Waals surface area contributed by atoms with Gasteiger partial charge in [0.25, 0.3) is 0 Å². The number of hydrogen-bond donors (Lipinski definition) is 2. The van der Waals surface area contributed by atoms with Gasteiger partial charge in [-0.3, -0.25) is 0 Å². The van der Waals surface area contributed by atoms with Crippen molar-refractivity contribution in [2.24, 2.45) is 0 Å². The summed E-state index contributed by atoms with van der Waals surface area (Å²) in [5, 5.41) is 5.50. The summed E-state index contributed by atoms with van der Waals surface area (Å²) >= 11 is 0. The first-order valence-corrected chi connectivity index (χ1v) is 7.28. The monoisotopic (exact) mass is 277 g/mol. The van der Waals surface area contributed by atoms with Gasteiger partial charge in [-0.15, -0.1) is 0 Å². The number of nitrogens with zero attached hydrogens (tertiary/aromatic N) is 1. The van der Waals surface area contributed by atoms with E-state index >= 15 is 0 Å². The number of benzene rings is 1. The molecule has 0 spiro atoms. The third-order valence-corrected chi connectivity index (χ3v) is 4.05. The molecule has 2 N–H and O–H groups in total. The number of piperidine rings is 1. The Morgan fingerprint density at radius 1 is 1.15 bits per heavy atom. The van der Waals surface area contributed by atoms with Crippen molar-refractivity contribution in [3.63, 3.8) is 0 Å². The first kappa shape index (κ1) is 13.4. The van der Waals surface area contributed by atoms with Crippen LogP contribution in [0.3, 0.4) is 0 Å². The Balaban J connectivity index is 1.46. The number of amides is 2. The van der Waals surface area contributed by atoms with Crippen molar-refractivity contribution in [3.05, 3.63) is 30.1 Å². The van der Waals surface area contributed by atoms with E-state index in [2.05, 4.69) is 15.5 Å². The highest BCUT2D eigenvalue weighted by atomic mass is 19.1. The van der Waals surface area contributed by atoms with E-state index in [0.717, 1.165) is 32.0 Å². The van der Waals surface area contributed by atoms with Crippen molar-refractivity contribution in [3.8, 4) is 0 Å². The molecule has 108 valence electrons. The molecule has 2 aliphatic rings. The van der Waals surface area contributed by atoms with Crippen molar-refractivity contribution in [2.75, 3.05) is 18.4 Å². The van der Waals surface area contributed by atoms with Crippen LogP contribution in [-0.4, -0.2) is 36.1 Å². The van der Waals surface area contributed by atoms with Crippen LogP contribution >= 0.6 is 0 Å². The number of likely N-dealkylation sites (tertiary alicyclic amines) is 1. The van der Waals surface area contributed by atoms with Crippen LogP contribution in [0.2, 0.25) is 0 Å². The Morgan fingerprint density at radius 3 is 2.50 bits per heavy atom. The summed E-state index contributed by atoms with van der Waals surface area (Å²) in [5.74, 6) is -0.411. The van der Waals surface area contributed by atoms with Gasteiger partial charge in [0, 0.05) is 25.2 Å². The van der Waals surface area contributed by atoms with Crippen LogP contribution in [0, 0.1) is 5.82 Å². The minimum Gasteiger partial charge on any atom is -0.335 e. The van der Waals surface area contributed by atoms with Gasteiger partial charge in [0.1, 0.15) is 5.82 Å². The van der Waals surface area contributed by atoms with Crippen LogP contribution in [0.15, 0.2) is 24.3 Å². The molecular weight excluding hydrogens is 257 g/mol. The van der Waals surface area contributed by atoms with Gasteiger partial charge in [-0.25, -0.2) is 9.18 Å². The number of para-hydroxylation sites is 1. The minimum atomic E-state index is -0.411. The number of carbonyl (C=O) groups excluding carboxylic acids is 1. The van der Waals surface area contributed by atoms with Crippen LogP contribution in [0.4, 0.5) is 14.9 Å². The van der Waals surface area contributed by atoms with E-state index in [-0.39, 0.29) is 17.8 Å². The molecule has 1 saturated heterocycles. The first-order valence-electron chi connectivity index (χ1n) is 7.28. The topological polar surface area (TPSA) is 44.4 Å². The van der Waals surface area contributed by atoms with Gasteiger partial charge in [-0.1, -0.05) is 12.1 Å². The van der Waals surface area contributed by atoms with E-state index in [1.54, 1.807) is 18.2 Å². The average Bonchev–Trinajstić information content (AvgIpc) is 3.27. The van der Waals surface area contributed by atoms with Crippen LogP contribution in [0.5, 0.6) is 0 Å². The Labute approximate surface area is 118 Å². The van der Waals surface area contributed by atoms with Crippen molar-refractivity contribution in [2.45, 2.75) is 37.8 Å². The smallest absolute Gasteiger partial charge is 0.319 e. The SMILES string of the molecule is O=C(Nc1ccccc1F)NC1CCN(C2CC2)CC1. The number of urea groups is 1. The lowest BCUT2D eigenvalue weighted by atomic mass is 10.1. The largest absolute Gasteiger partial charge is 0.335 e. The zero-order chi connectivity index (χ0) is 13.9. The Hall–Kier alpha value is -1.62. The predicted molar refractivity (Wildman–Crippen MR) is 76.2 cm³/mol. The second-order valence-electron chi connectivity index (χ2n) is 5.62. The normalized spacial score (nSPS) is 20.6. The van der Waals surface area contributed by atoms with Gasteiger partial charge < -0.3 is 15.5 Å². The van der Waals surface area contributed by atoms with Gasteiger partial charge in [0.05, 0.1) is 5.69 Å². The molecule has 0 aromatic heterocycles. The summed E-state index contributed by atoms with van der Waals surface area (Å²) in [6, 6.07) is 6.87.